The number of ether oxygens (including phenoxy) is 1. The van der Waals surface area contributed by atoms with Crippen LogP contribution in [0.25, 0.3) is 0 Å². The van der Waals surface area contributed by atoms with Crippen LogP contribution in [0.15, 0.2) is 48.5 Å². The molecule has 2 atom stereocenters. The number of hydrogen-bond acceptors (Lipinski definition) is 3. The smallest absolute Gasteiger partial charge is 0.124 e. The van der Waals surface area contributed by atoms with Crippen molar-refractivity contribution in [2.45, 2.75) is 12.5 Å². The number of benzene rings is 2. The van der Waals surface area contributed by atoms with E-state index >= 15 is 0 Å². The number of hydrogen-bond donors (Lipinski definition) is 2. The fourth-order valence-electron chi connectivity index (χ4n) is 2.85. The molecular formula is C17H18ClNO2. The molecule has 1 aliphatic rings. The lowest BCUT2D eigenvalue weighted by molar-refractivity contribution is 0.0995. The topological polar surface area (TPSA) is 41.5 Å². The van der Waals surface area contributed by atoms with Gasteiger partial charge in [-0.1, -0.05) is 36.7 Å². The van der Waals surface area contributed by atoms with E-state index in [1.165, 1.54) is 0 Å². The summed E-state index contributed by atoms with van der Waals surface area (Å²) in [5.41, 5.74) is 1.36. The van der Waals surface area contributed by atoms with Gasteiger partial charge in [-0.25, -0.2) is 0 Å². The Labute approximate surface area is 129 Å². The van der Waals surface area contributed by atoms with Crippen LogP contribution < -0.4 is 10.1 Å². The molecule has 0 saturated heterocycles. The van der Waals surface area contributed by atoms with Crippen LogP contribution >= 0.6 is 11.6 Å². The summed E-state index contributed by atoms with van der Waals surface area (Å²) in [6, 6.07) is 15.4. The second kappa shape index (κ2) is 5.58. The van der Waals surface area contributed by atoms with E-state index in [1.807, 2.05) is 48.5 Å². The van der Waals surface area contributed by atoms with Crippen molar-refractivity contribution in [2.75, 3.05) is 18.5 Å². The minimum Gasteiger partial charge on any atom is -0.493 e. The standard InChI is InChI=1S/C17H18ClNO2/c1-12-10-21-16-5-3-2-4-15(16)17(12,11-20)19-14-8-6-13(18)7-9-14/h2-9,12,19-20H,10-11H2,1H3. The Morgan fingerprint density at radius 3 is 2.67 bits per heavy atom. The highest BCUT2D eigenvalue weighted by atomic mass is 35.5. The lowest BCUT2D eigenvalue weighted by Crippen LogP contribution is -2.49. The van der Waals surface area contributed by atoms with E-state index in [0.717, 1.165) is 17.0 Å². The quantitative estimate of drug-likeness (QED) is 0.909. The highest BCUT2D eigenvalue weighted by Crippen LogP contribution is 2.42. The number of nitrogens with one attached hydrogen (secondary N) is 1. The first-order valence-electron chi connectivity index (χ1n) is 7.02. The zero-order valence-electron chi connectivity index (χ0n) is 11.8. The highest BCUT2D eigenvalue weighted by molar-refractivity contribution is 6.30. The maximum absolute atomic E-state index is 10.1. The summed E-state index contributed by atoms with van der Waals surface area (Å²) in [5, 5.41) is 14.3. The predicted molar refractivity (Wildman–Crippen MR) is 84.9 cm³/mol. The highest BCUT2D eigenvalue weighted by Gasteiger charge is 2.43. The molecule has 2 aromatic carbocycles. The van der Waals surface area contributed by atoms with Crippen LogP contribution in [0, 0.1) is 5.92 Å². The van der Waals surface area contributed by atoms with E-state index in [0.29, 0.717) is 11.6 Å². The first-order valence-corrected chi connectivity index (χ1v) is 7.40. The zero-order chi connectivity index (χ0) is 14.9. The zero-order valence-corrected chi connectivity index (χ0v) is 12.6. The maximum Gasteiger partial charge on any atom is 0.124 e. The van der Waals surface area contributed by atoms with Crippen molar-refractivity contribution in [2.24, 2.45) is 5.92 Å². The fourth-order valence-corrected chi connectivity index (χ4v) is 2.97. The van der Waals surface area contributed by atoms with Gasteiger partial charge in [-0.2, -0.15) is 0 Å². The second-order valence-electron chi connectivity index (χ2n) is 5.47. The van der Waals surface area contributed by atoms with E-state index in [1.54, 1.807) is 0 Å². The van der Waals surface area contributed by atoms with E-state index in [4.69, 9.17) is 16.3 Å². The number of fused-ring (bicyclic) bond motifs is 1. The molecule has 2 N–H and O–H groups in total. The maximum atomic E-state index is 10.1. The van der Waals surface area contributed by atoms with Crippen LogP contribution in [0.5, 0.6) is 5.75 Å². The van der Waals surface area contributed by atoms with Gasteiger partial charge >= 0.3 is 0 Å². The molecule has 1 heterocycles. The third-order valence-electron chi connectivity index (χ3n) is 4.16. The van der Waals surface area contributed by atoms with Crippen LogP contribution in [-0.2, 0) is 5.54 Å². The van der Waals surface area contributed by atoms with Gasteiger partial charge in [0.2, 0.25) is 0 Å². The van der Waals surface area contributed by atoms with Gasteiger partial charge in [0.1, 0.15) is 5.75 Å². The largest absolute Gasteiger partial charge is 0.493 e. The molecule has 0 aliphatic carbocycles. The molecule has 2 unspecified atom stereocenters. The molecule has 0 fully saturated rings. The average Bonchev–Trinajstić information content (AvgIpc) is 2.52. The molecule has 3 nitrogen and oxygen atoms in total. The Balaban J connectivity index is 2.04. The molecule has 3 rings (SSSR count). The van der Waals surface area contributed by atoms with Crippen LogP contribution in [-0.4, -0.2) is 18.3 Å². The number of halogens is 1. The van der Waals surface area contributed by atoms with Gasteiger partial charge < -0.3 is 15.2 Å². The van der Waals surface area contributed by atoms with Crippen molar-refractivity contribution < 1.29 is 9.84 Å². The number of rotatable bonds is 3. The summed E-state index contributed by atoms with van der Waals surface area (Å²) in [6.07, 6.45) is 0. The molecule has 2 aromatic rings. The van der Waals surface area contributed by atoms with E-state index in [9.17, 15) is 5.11 Å². The molecule has 4 heteroatoms. The predicted octanol–water partition coefficient (Wildman–Crippen LogP) is 3.67. The normalized spacial score (nSPS) is 24.0. The van der Waals surface area contributed by atoms with Gasteiger partial charge in [0, 0.05) is 22.2 Å². The van der Waals surface area contributed by atoms with E-state index in [2.05, 4.69) is 12.2 Å². The Hall–Kier alpha value is -1.71. The summed E-state index contributed by atoms with van der Waals surface area (Å²) in [7, 11) is 0. The first-order chi connectivity index (χ1) is 10.2. The number of para-hydroxylation sites is 1. The Morgan fingerprint density at radius 1 is 1.24 bits per heavy atom. The van der Waals surface area contributed by atoms with Crippen molar-refractivity contribution in [3.8, 4) is 5.75 Å². The molecular weight excluding hydrogens is 286 g/mol. The molecule has 0 bridgehead atoms. The lowest BCUT2D eigenvalue weighted by atomic mass is 9.77. The van der Waals surface area contributed by atoms with E-state index < -0.39 is 5.54 Å². The second-order valence-corrected chi connectivity index (χ2v) is 5.91. The number of aliphatic hydroxyl groups excluding tert-OH is 1. The monoisotopic (exact) mass is 303 g/mol. The third-order valence-corrected chi connectivity index (χ3v) is 4.41. The number of anilines is 1. The molecule has 21 heavy (non-hydrogen) atoms. The summed E-state index contributed by atoms with van der Waals surface area (Å²) in [4.78, 5) is 0. The minimum atomic E-state index is -0.553. The SMILES string of the molecule is CC1COc2ccccc2C1(CO)Nc1ccc(Cl)cc1. The molecule has 0 spiro atoms. The van der Waals surface area contributed by atoms with Gasteiger partial charge in [-0.05, 0) is 30.3 Å². The summed E-state index contributed by atoms with van der Waals surface area (Å²) >= 11 is 5.94. The van der Waals surface area contributed by atoms with Crippen molar-refractivity contribution in [3.63, 3.8) is 0 Å². The Kier molecular flexibility index (Phi) is 3.79. The summed E-state index contributed by atoms with van der Waals surface area (Å²) < 4.78 is 5.78. The summed E-state index contributed by atoms with van der Waals surface area (Å²) in [5.74, 6) is 0.958. The van der Waals surface area contributed by atoms with Crippen molar-refractivity contribution >= 4 is 17.3 Å². The van der Waals surface area contributed by atoms with Gasteiger partial charge in [0.05, 0.1) is 18.8 Å². The van der Waals surface area contributed by atoms with Gasteiger partial charge in [0.25, 0.3) is 0 Å². The van der Waals surface area contributed by atoms with Crippen molar-refractivity contribution in [1.82, 2.24) is 0 Å². The van der Waals surface area contributed by atoms with Crippen LogP contribution in [0.4, 0.5) is 5.69 Å². The molecule has 1 aliphatic heterocycles. The Morgan fingerprint density at radius 2 is 1.95 bits per heavy atom. The average molecular weight is 304 g/mol. The lowest BCUT2D eigenvalue weighted by Gasteiger charge is -2.43. The molecule has 0 radical (unpaired) electrons. The number of aliphatic hydroxyl groups is 1. The molecule has 0 amide bonds. The fraction of sp³-hybridized carbons (Fsp3) is 0.294. The van der Waals surface area contributed by atoms with E-state index in [-0.39, 0.29) is 12.5 Å². The molecule has 0 aromatic heterocycles. The van der Waals surface area contributed by atoms with Gasteiger partial charge in [0.15, 0.2) is 0 Å². The van der Waals surface area contributed by atoms with Crippen molar-refractivity contribution in [3.05, 3.63) is 59.1 Å². The minimum absolute atomic E-state index is 0.00281. The van der Waals surface area contributed by atoms with Gasteiger partial charge in [-0.3, -0.25) is 0 Å². The molecule has 0 saturated carbocycles. The third kappa shape index (κ3) is 2.47. The van der Waals surface area contributed by atoms with Crippen LogP contribution in [0.3, 0.4) is 0 Å². The van der Waals surface area contributed by atoms with Crippen molar-refractivity contribution in [1.29, 1.82) is 0 Å². The Bertz CT molecular complexity index is 629. The van der Waals surface area contributed by atoms with Crippen LogP contribution in [0.1, 0.15) is 12.5 Å². The van der Waals surface area contributed by atoms with Gasteiger partial charge in [-0.15, -0.1) is 0 Å². The summed E-state index contributed by atoms with van der Waals surface area (Å²) in [6.45, 7) is 2.64. The van der Waals surface area contributed by atoms with Crippen LogP contribution in [0.2, 0.25) is 5.02 Å². The first kappa shape index (κ1) is 14.2. The molecule has 110 valence electrons.